The van der Waals surface area contributed by atoms with E-state index in [1.807, 2.05) is 20.8 Å². The van der Waals surface area contributed by atoms with E-state index in [1.165, 1.54) is 0 Å². The molecular weight excluding hydrogens is 378 g/mol. The molecule has 0 aromatic carbocycles. The number of rotatable bonds is 9. The highest BCUT2D eigenvalue weighted by Crippen LogP contribution is 2.08. The summed E-state index contributed by atoms with van der Waals surface area (Å²) >= 11 is 0. The third-order valence-electron chi connectivity index (χ3n) is 4.39. The van der Waals surface area contributed by atoms with Crippen LogP contribution < -0.4 is 16.4 Å². The van der Waals surface area contributed by atoms with Crippen molar-refractivity contribution in [2.75, 3.05) is 53.0 Å². The largest absolute Gasteiger partial charge is 0.444 e. The lowest BCUT2D eigenvalue weighted by Gasteiger charge is -2.35. The van der Waals surface area contributed by atoms with Gasteiger partial charge in [0.25, 0.3) is 0 Å². The molecule has 4 amide bonds. The number of methoxy groups -OCH3 is 1. The van der Waals surface area contributed by atoms with E-state index in [0.717, 1.165) is 12.8 Å². The molecule has 1 fully saturated rings. The number of nitrogens with two attached hydrogens (primary N) is 1. The van der Waals surface area contributed by atoms with Crippen LogP contribution >= 0.6 is 0 Å². The molecule has 10 heteroatoms. The van der Waals surface area contributed by atoms with Crippen LogP contribution in [0.4, 0.5) is 9.59 Å². The molecule has 1 aliphatic rings. The summed E-state index contributed by atoms with van der Waals surface area (Å²) in [5.41, 5.74) is 5.52. The summed E-state index contributed by atoms with van der Waals surface area (Å²) in [7, 11) is 1.58. The molecule has 168 valence electrons. The topological polar surface area (TPSA) is 126 Å². The van der Waals surface area contributed by atoms with Crippen LogP contribution in [0.3, 0.4) is 0 Å². The normalized spacial score (nSPS) is 15.6. The fraction of sp³-hybridized carbons (Fsp3) is 0.842. The van der Waals surface area contributed by atoms with Crippen molar-refractivity contribution >= 4 is 18.0 Å². The van der Waals surface area contributed by atoms with E-state index in [1.54, 1.807) is 16.9 Å². The quantitative estimate of drug-likeness (QED) is 0.471. The SMILES string of the molecule is COCCNC(=O)N1CCN(C(=O)C(N)CCCCNC(=O)OC(C)(C)C)CC1. The maximum Gasteiger partial charge on any atom is 0.407 e. The second-order valence-corrected chi connectivity index (χ2v) is 8.07. The van der Waals surface area contributed by atoms with Crippen LogP contribution in [0.5, 0.6) is 0 Å². The van der Waals surface area contributed by atoms with Crippen molar-refractivity contribution in [2.45, 2.75) is 51.7 Å². The van der Waals surface area contributed by atoms with Gasteiger partial charge < -0.3 is 35.6 Å². The van der Waals surface area contributed by atoms with Crippen LogP contribution in [0.15, 0.2) is 0 Å². The summed E-state index contributed by atoms with van der Waals surface area (Å²) in [6.07, 6.45) is 1.55. The average molecular weight is 416 g/mol. The predicted octanol–water partition coefficient (Wildman–Crippen LogP) is 0.509. The lowest BCUT2D eigenvalue weighted by molar-refractivity contribution is -0.134. The van der Waals surface area contributed by atoms with Crippen molar-refractivity contribution in [1.82, 2.24) is 20.4 Å². The number of amides is 4. The summed E-state index contributed by atoms with van der Waals surface area (Å²) in [5, 5.41) is 5.47. The van der Waals surface area contributed by atoms with Crippen molar-refractivity contribution in [3.05, 3.63) is 0 Å². The van der Waals surface area contributed by atoms with E-state index in [0.29, 0.717) is 52.3 Å². The standard InChI is InChI=1S/C19H37N5O5/c1-19(2,3)29-18(27)22-8-6-5-7-15(20)16(25)23-10-12-24(13-11-23)17(26)21-9-14-28-4/h15H,5-14,20H2,1-4H3,(H,21,26)(H,22,27). The van der Waals surface area contributed by atoms with E-state index in [-0.39, 0.29) is 11.9 Å². The van der Waals surface area contributed by atoms with E-state index in [9.17, 15) is 14.4 Å². The first-order valence-electron chi connectivity index (χ1n) is 10.2. The fourth-order valence-corrected chi connectivity index (χ4v) is 2.85. The molecule has 1 aliphatic heterocycles. The molecule has 29 heavy (non-hydrogen) atoms. The number of nitrogens with zero attached hydrogens (tertiary/aromatic N) is 2. The maximum absolute atomic E-state index is 12.5. The van der Waals surface area contributed by atoms with Crippen molar-refractivity contribution < 1.29 is 23.9 Å². The highest BCUT2D eigenvalue weighted by molar-refractivity contribution is 5.82. The third kappa shape index (κ3) is 10.3. The molecule has 10 nitrogen and oxygen atoms in total. The van der Waals surface area contributed by atoms with Crippen molar-refractivity contribution in [3.8, 4) is 0 Å². The molecule has 0 saturated carbocycles. The average Bonchev–Trinajstić information content (AvgIpc) is 2.65. The second kappa shape index (κ2) is 12.5. The van der Waals surface area contributed by atoms with Crippen LogP contribution in [0.25, 0.3) is 0 Å². The molecular formula is C19H37N5O5. The Balaban J connectivity index is 2.20. The number of carbonyl (C=O) groups excluding carboxylic acids is 3. The fourth-order valence-electron chi connectivity index (χ4n) is 2.85. The molecule has 1 saturated heterocycles. The first kappa shape index (κ1) is 25.0. The Labute approximate surface area is 173 Å². The van der Waals surface area contributed by atoms with Gasteiger partial charge in [0.1, 0.15) is 5.60 Å². The van der Waals surface area contributed by atoms with Gasteiger partial charge in [-0.1, -0.05) is 0 Å². The molecule has 0 aromatic rings. The monoisotopic (exact) mass is 415 g/mol. The Hall–Kier alpha value is -2.07. The van der Waals surface area contributed by atoms with Crippen LogP contribution in [-0.4, -0.2) is 92.5 Å². The van der Waals surface area contributed by atoms with Gasteiger partial charge in [-0.05, 0) is 40.0 Å². The van der Waals surface area contributed by atoms with E-state index < -0.39 is 17.7 Å². The van der Waals surface area contributed by atoms with Crippen LogP contribution in [-0.2, 0) is 14.3 Å². The Bertz CT molecular complexity index is 530. The highest BCUT2D eigenvalue weighted by Gasteiger charge is 2.26. The maximum atomic E-state index is 12.5. The minimum absolute atomic E-state index is 0.0930. The summed E-state index contributed by atoms with van der Waals surface area (Å²) in [6, 6.07) is -0.713. The summed E-state index contributed by atoms with van der Waals surface area (Å²) in [6.45, 7) is 8.75. The molecule has 1 atom stereocenters. The summed E-state index contributed by atoms with van der Waals surface area (Å²) in [4.78, 5) is 39.5. The molecule has 0 bridgehead atoms. The van der Waals surface area contributed by atoms with Crippen molar-refractivity contribution in [1.29, 1.82) is 0 Å². The van der Waals surface area contributed by atoms with Gasteiger partial charge in [0.15, 0.2) is 0 Å². The van der Waals surface area contributed by atoms with Gasteiger partial charge in [-0.15, -0.1) is 0 Å². The Morgan fingerprint density at radius 2 is 1.62 bits per heavy atom. The smallest absolute Gasteiger partial charge is 0.407 e. The number of nitrogens with one attached hydrogen (secondary N) is 2. The number of hydrogen-bond donors (Lipinski definition) is 3. The lowest BCUT2D eigenvalue weighted by Crippen LogP contribution is -2.56. The number of ether oxygens (including phenoxy) is 2. The Morgan fingerprint density at radius 3 is 2.21 bits per heavy atom. The molecule has 4 N–H and O–H groups in total. The zero-order valence-corrected chi connectivity index (χ0v) is 18.2. The minimum Gasteiger partial charge on any atom is -0.444 e. The van der Waals surface area contributed by atoms with Crippen LogP contribution in [0.1, 0.15) is 40.0 Å². The van der Waals surface area contributed by atoms with Gasteiger partial charge in [0.05, 0.1) is 12.6 Å². The van der Waals surface area contributed by atoms with Gasteiger partial charge in [-0.2, -0.15) is 0 Å². The zero-order valence-electron chi connectivity index (χ0n) is 18.2. The van der Waals surface area contributed by atoms with Gasteiger partial charge in [0.2, 0.25) is 5.91 Å². The number of unbranched alkanes of at least 4 members (excludes halogenated alkanes) is 1. The van der Waals surface area contributed by atoms with Gasteiger partial charge in [-0.25, -0.2) is 9.59 Å². The molecule has 0 spiro atoms. The number of carbonyl (C=O) groups is 3. The van der Waals surface area contributed by atoms with Crippen molar-refractivity contribution in [2.24, 2.45) is 5.73 Å². The lowest BCUT2D eigenvalue weighted by atomic mass is 10.1. The van der Waals surface area contributed by atoms with Crippen LogP contribution in [0, 0.1) is 0 Å². The number of hydrogen-bond acceptors (Lipinski definition) is 6. The number of urea groups is 1. The minimum atomic E-state index is -0.571. The van der Waals surface area contributed by atoms with E-state index >= 15 is 0 Å². The number of piperazine rings is 1. The molecule has 1 rings (SSSR count). The Morgan fingerprint density at radius 1 is 1.00 bits per heavy atom. The van der Waals surface area contributed by atoms with Gasteiger partial charge >= 0.3 is 12.1 Å². The number of alkyl carbamates (subject to hydrolysis) is 1. The molecule has 1 unspecified atom stereocenters. The summed E-state index contributed by atoms with van der Waals surface area (Å²) < 4.78 is 10.1. The van der Waals surface area contributed by atoms with Gasteiger partial charge in [-0.3, -0.25) is 4.79 Å². The molecule has 0 aliphatic carbocycles. The zero-order chi connectivity index (χ0) is 21.9. The highest BCUT2D eigenvalue weighted by atomic mass is 16.6. The van der Waals surface area contributed by atoms with E-state index in [4.69, 9.17) is 15.2 Å². The van der Waals surface area contributed by atoms with Crippen molar-refractivity contribution in [3.63, 3.8) is 0 Å². The molecule has 0 aromatic heterocycles. The first-order valence-corrected chi connectivity index (χ1v) is 10.2. The Kier molecular flexibility index (Phi) is 10.7. The second-order valence-electron chi connectivity index (χ2n) is 8.07. The van der Waals surface area contributed by atoms with Crippen LogP contribution in [0.2, 0.25) is 0 Å². The third-order valence-corrected chi connectivity index (χ3v) is 4.39. The first-order chi connectivity index (χ1) is 13.6. The summed E-state index contributed by atoms with van der Waals surface area (Å²) in [5.74, 6) is -0.0930. The molecule has 1 heterocycles. The van der Waals surface area contributed by atoms with Gasteiger partial charge in [0, 0.05) is 46.4 Å². The van der Waals surface area contributed by atoms with E-state index in [2.05, 4.69) is 10.6 Å². The molecule has 0 radical (unpaired) electrons. The predicted molar refractivity (Wildman–Crippen MR) is 109 cm³/mol.